The van der Waals surface area contributed by atoms with Gasteiger partial charge in [0.25, 0.3) is 11.1 Å². The van der Waals surface area contributed by atoms with Gasteiger partial charge in [-0.25, -0.2) is 0 Å². The number of thioether (sulfide) groups is 1. The zero-order chi connectivity index (χ0) is 15.5. The molecule has 0 unspecified atom stereocenters. The van der Waals surface area contributed by atoms with Crippen LogP contribution in [0.2, 0.25) is 5.02 Å². The van der Waals surface area contributed by atoms with E-state index in [1.54, 1.807) is 24.3 Å². The van der Waals surface area contributed by atoms with E-state index in [2.05, 4.69) is 10.2 Å². The molecule has 0 radical (unpaired) electrons. The Labute approximate surface area is 127 Å². The SMILES string of the molecule is C[C@H](Sc1nnc(COc2ccccc2Cl)o1)C(F)(F)F. The molecule has 21 heavy (non-hydrogen) atoms. The Kier molecular flexibility index (Phi) is 5.00. The number of rotatable bonds is 5. The van der Waals surface area contributed by atoms with Gasteiger partial charge in [-0.3, -0.25) is 0 Å². The molecule has 0 spiro atoms. The van der Waals surface area contributed by atoms with Crippen molar-refractivity contribution >= 4 is 23.4 Å². The first-order chi connectivity index (χ1) is 9.86. The van der Waals surface area contributed by atoms with Crippen LogP contribution in [-0.2, 0) is 6.61 Å². The Morgan fingerprint density at radius 2 is 2.05 bits per heavy atom. The molecule has 0 aliphatic heterocycles. The number of nitrogens with zero attached hydrogens (tertiary/aromatic N) is 2. The van der Waals surface area contributed by atoms with Crippen LogP contribution in [0, 0.1) is 0 Å². The minimum Gasteiger partial charge on any atom is -0.482 e. The molecule has 2 rings (SSSR count). The molecule has 114 valence electrons. The van der Waals surface area contributed by atoms with E-state index in [9.17, 15) is 13.2 Å². The molecule has 0 N–H and O–H groups in total. The van der Waals surface area contributed by atoms with Crippen LogP contribution >= 0.6 is 23.4 Å². The van der Waals surface area contributed by atoms with Gasteiger partial charge in [0.1, 0.15) is 11.0 Å². The summed E-state index contributed by atoms with van der Waals surface area (Å²) >= 11 is 6.34. The maximum Gasteiger partial charge on any atom is 0.400 e. The number of hydrogen-bond acceptors (Lipinski definition) is 5. The van der Waals surface area contributed by atoms with Crippen LogP contribution in [0.5, 0.6) is 5.75 Å². The van der Waals surface area contributed by atoms with Crippen molar-refractivity contribution in [3.05, 3.63) is 35.2 Å². The third-order valence-electron chi connectivity index (χ3n) is 2.37. The summed E-state index contributed by atoms with van der Waals surface area (Å²) in [6.45, 7) is 0.951. The fourth-order valence-electron chi connectivity index (χ4n) is 1.26. The van der Waals surface area contributed by atoms with Crippen LogP contribution in [-0.4, -0.2) is 21.6 Å². The summed E-state index contributed by atoms with van der Waals surface area (Å²) in [5, 5.41) is 5.79. The number of ether oxygens (including phenoxy) is 1. The minimum atomic E-state index is -4.33. The van der Waals surface area contributed by atoms with Gasteiger partial charge in [-0.2, -0.15) is 13.2 Å². The summed E-state index contributed by atoms with van der Waals surface area (Å²) in [5.74, 6) is 0.502. The number of benzene rings is 1. The first-order valence-electron chi connectivity index (χ1n) is 5.79. The number of halogens is 4. The minimum absolute atomic E-state index is 0.0717. The van der Waals surface area contributed by atoms with Crippen LogP contribution in [0.25, 0.3) is 0 Å². The van der Waals surface area contributed by atoms with Gasteiger partial charge in [0.05, 0.1) is 5.02 Å². The van der Waals surface area contributed by atoms with Crippen molar-refractivity contribution in [3.63, 3.8) is 0 Å². The summed E-state index contributed by atoms with van der Waals surface area (Å²) in [4.78, 5) is 0. The number of aromatic nitrogens is 2. The molecule has 4 nitrogen and oxygen atoms in total. The lowest BCUT2D eigenvalue weighted by Crippen LogP contribution is -2.21. The summed E-state index contributed by atoms with van der Waals surface area (Å²) in [6, 6.07) is 6.79. The predicted octanol–water partition coefficient (Wildman–Crippen LogP) is 4.34. The third-order valence-corrected chi connectivity index (χ3v) is 3.67. The quantitative estimate of drug-likeness (QED) is 0.759. The van der Waals surface area contributed by atoms with Gasteiger partial charge in [-0.1, -0.05) is 35.5 Å². The molecule has 0 saturated carbocycles. The van der Waals surface area contributed by atoms with Crippen LogP contribution in [0.3, 0.4) is 0 Å². The highest BCUT2D eigenvalue weighted by Crippen LogP contribution is 2.34. The largest absolute Gasteiger partial charge is 0.482 e. The van der Waals surface area contributed by atoms with Crippen molar-refractivity contribution in [1.82, 2.24) is 10.2 Å². The lowest BCUT2D eigenvalue weighted by Gasteiger charge is -2.11. The Morgan fingerprint density at radius 3 is 2.71 bits per heavy atom. The Bertz CT molecular complexity index is 606. The first kappa shape index (κ1) is 16.0. The van der Waals surface area contributed by atoms with Crippen LogP contribution < -0.4 is 4.74 Å². The second kappa shape index (κ2) is 6.57. The Balaban J connectivity index is 1.93. The summed E-state index contributed by atoms with van der Waals surface area (Å²) in [7, 11) is 0. The summed E-state index contributed by atoms with van der Waals surface area (Å²) < 4.78 is 47.6. The molecule has 2 aromatic rings. The van der Waals surface area contributed by atoms with Crippen molar-refractivity contribution in [3.8, 4) is 5.75 Å². The van der Waals surface area contributed by atoms with E-state index >= 15 is 0 Å². The highest BCUT2D eigenvalue weighted by atomic mass is 35.5. The fraction of sp³-hybridized carbons (Fsp3) is 0.333. The smallest absolute Gasteiger partial charge is 0.400 e. The van der Waals surface area contributed by atoms with Crippen molar-refractivity contribution < 1.29 is 22.3 Å². The summed E-state index contributed by atoms with van der Waals surface area (Å²) in [5.41, 5.74) is 0. The highest BCUT2D eigenvalue weighted by molar-refractivity contribution is 7.99. The van der Waals surface area contributed by atoms with E-state index in [4.69, 9.17) is 20.8 Å². The molecular weight excluding hydrogens is 329 g/mol. The summed E-state index contributed by atoms with van der Waals surface area (Å²) in [6.07, 6.45) is -4.33. The first-order valence-corrected chi connectivity index (χ1v) is 7.05. The highest BCUT2D eigenvalue weighted by Gasteiger charge is 2.38. The molecule has 0 bridgehead atoms. The number of alkyl halides is 3. The average Bonchev–Trinajstić information content (AvgIpc) is 2.84. The van der Waals surface area contributed by atoms with Gasteiger partial charge >= 0.3 is 6.18 Å². The zero-order valence-corrected chi connectivity index (χ0v) is 12.3. The molecule has 1 aromatic carbocycles. The molecule has 0 fully saturated rings. The van der Waals surface area contributed by atoms with Gasteiger partial charge in [0.2, 0.25) is 0 Å². The predicted molar refractivity (Wildman–Crippen MR) is 71.5 cm³/mol. The van der Waals surface area contributed by atoms with Crippen LogP contribution in [0.1, 0.15) is 12.8 Å². The average molecular weight is 339 g/mol. The second-order valence-corrected chi connectivity index (χ2v) is 5.68. The van der Waals surface area contributed by atoms with Gasteiger partial charge in [-0.05, 0) is 19.1 Å². The van der Waals surface area contributed by atoms with Crippen molar-refractivity contribution in [2.75, 3.05) is 0 Å². The van der Waals surface area contributed by atoms with Gasteiger partial charge in [0, 0.05) is 0 Å². The van der Waals surface area contributed by atoms with Gasteiger partial charge in [0.15, 0.2) is 6.61 Å². The van der Waals surface area contributed by atoms with Crippen LogP contribution in [0.4, 0.5) is 13.2 Å². The monoisotopic (exact) mass is 338 g/mol. The van der Waals surface area contributed by atoms with E-state index in [-0.39, 0.29) is 17.7 Å². The van der Waals surface area contributed by atoms with E-state index < -0.39 is 11.4 Å². The van der Waals surface area contributed by atoms with Gasteiger partial charge < -0.3 is 9.15 Å². The number of hydrogen-bond donors (Lipinski definition) is 0. The second-order valence-electron chi connectivity index (χ2n) is 3.98. The molecule has 0 aliphatic rings. The standard InChI is InChI=1S/C12H10ClF3N2O2S/c1-7(12(14,15)16)21-11-18-17-10(20-11)6-19-9-5-3-2-4-8(9)13/h2-5,7H,6H2,1H3/t7-/m0/s1. The van der Waals surface area contributed by atoms with Crippen molar-refractivity contribution in [2.45, 2.75) is 30.2 Å². The molecule has 1 aromatic heterocycles. The topological polar surface area (TPSA) is 48.2 Å². The molecule has 1 heterocycles. The van der Waals surface area contributed by atoms with E-state index in [1.807, 2.05) is 0 Å². The molecular formula is C12H10ClF3N2O2S. The maximum atomic E-state index is 12.4. The lowest BCUT2D eigenvalue weighted by molar-refractivity contribution is -0.125. The lowest BCUT2D eigenvalue weighted by atomic mass is 10.3. The molecule has 0 saturated heterocycles. The normalized spacial score (nSPS) is 13.2. The Hall–Kier alpha value is -1.41. The zero-order valence-electron chi connectivity index (χ0n) is 10.7. The van der Waals surface area contributed by atoms with E-state index in [1.165, 1.54) is 0 Å². The third kappa shape index (κ3) is 4.53. The molecule has 9 heteroatoms. The molecule has 0 amide bonds. The van der Waals surface area contributed by atoms with Crippen molar-refractivity contribution in [1.29, 1.82) is 0 Å². The Morgan fingerprint density at radius 1 is 1.33 bits per heavy atom. The molecule has 0 aliphatic carbocycles. The van der Waals surface area contributed by atoms with E-state index in [0.29, 0.717) is 22.5 Å². The fourth-order valence-corrected chi connectivity index (χ4v) is 2.12. The maximum absolute atomic E-state index is 12.4. The number of para-hydroxylation sites is 1. The van der Waals surface area contributed by atoms with Crippen molar-refractivity contribution in [2.24, 2.45) is 0 Å². The van der Waals surface area contributed by atoms with Crippen LogP contribution in [0.15, 0.2) is 33.9 Å². The molecule has 1 atom stereocenters. The van der Waals surface area contributed by atoms with E-state index in [0.717, 1.165) is 6.92 Å². The van der Waals surface area contributed by atoms with Gasteiger partial charge in [-0.15, -0.1) is 10.2 Å².